The molecule has 0 fully saturated rings. The van der Waals surface area contributed by atoms with Crippen molar-refractivity contribution in [3.63, 3.8) is 0 Å². The maximum atomic E-state index is 12.9. The lowest BCUT2D eigenvalue weighted by Gasteiger charge is -2.09. The summed E-state index contributed by atoms with van der Waals surface area (Å²) in [6, 6.07) is 12.4. The van der Waals surface area contributed by atoms with Crippen LogP contribution in [0.3, 0.4) is 0 Å². The Kier molecular flexibility index (Phi) is 5.65. The number of hydrogen-bond acceptors (Lipinski definition) is 4. The molecule has 26 heavy (non-hydrogen) atoms. The second kappa shape index (κ2) is 8.12. The second-order valence-electron chi connectivity index (χ2n) is 5.35. The molecule has 0 aliphatic heterocycles. The topological polar surface area (TPSA) is 66.9 Å². The molecule has 3 aromatic rings. The number of hydrogen-bond donors (Lipinski definition) is 2. The van der Waals surface area contributed by atoms with Gasteiger partial charge in [-0.25, -0.2) is 14.4 Å². The third-order valence-corrected chi connectivity index (χ3v) is 4.01. The summed E-state index contributed by atoms with van der Waals surface area (Å²) >= 11 is 12.0. The average molecular weight is 391 g/mol. The molecule has 0 aliphatic rings. The average Bonchev–Trinajstić information content (AvgIpc) is 2.63. The van der Waals surface area contributed by atoms with Crippen molar-refractivity contribution in [2.24, 2.45) is 0 Å². The highest BCUT2D eigenvalue weighted by Crippen LogP contribution is 2.27. The van der Waals surface area contributed by atoms with Crippen molar-refractivity contribution in [2.75, 3.05) is 5.32 Å². The highest BCUT2D eigenvalue weighted by molar-refractivity contribution is 6.36. The number of aromatic nitrogens is 2. The summed E-state index contributed by atoms with van der Waals surface area (Å²) in [4.78, 5) is 20.3. The summed E-state index contributed by atoms with van der Waals surface area (Å²) in [5, 5.41) is 6.68. The van der Waals surface area contributed by atoms with Crippen LogP contribution in [-0.2, 0) is 6.54 Å². The molecular formula is C18H13Cl2FN4O. The van der Waals surface area contributed by atoms with Crippen LogP contribution in [-0.4, -0.2) is 15.9 Å². The van der Waals surface area contributed by atoms with E-state index >= 15 is 0 Å². The number of nitrogens with one attached hydrogen (secondary N) is 2. The van der Waals surface area contributed by atoms with E-state index < -0.39 is 0 Å². The van der Waals surface area contributed by atoms with Gasteiger partial charge in [0.25, 0.3) is 5.91 Å². The van der Waals surface area contributed by atoms with E-state index in [9.17, 15) is 9.18 Å². The lowest BCUT2D eigenvalue weighted by atomic mass is 10.2. The zero-order valence-corrected chi connectivity index (χ0v) is 14.9. The summed E-state index contributed by atoms with van der Waals surface area (Å²) in [5.41, 5.74) is 1.57. The molecule has 3 rings (SSSR count). The van der Waals surface area contributed by atoms with Gasteiger partial charge in [0, 0.05) is 17.6 Å². The number of amides is 1. The van der Waals surface area contributed by atoms with Gasteiger partial charge < -0.3 is 10.6 Å². The Labute approximate surface area is 159 Å². The van der Waals surface area contributed by atoms with Crippen molar-refractivity contribution in [3.8, 4) is 0 Å². The van der Waals surface area contributed by atoms with Crippen LogP contribution >= 0.6 is 23.2 Å². The second-order valence-corrected chi connectivity index (χ2v) is 6.19. The van der Waals surface area contributed by atoms with Crippen LogP contribution in [0.25, 0.3) is 0 Å². The number of nitrogens with zero attached hydrogens (tertiary/aromatic N) is 2. The van der Waals surface area contributed by atoms with Crippen molar-refractivity contribution < 1.29 is 9.18 Å². The molecule has 0 unspecified atom stereocenters. The maximum Gasteiger partial charge on any atom is 0.270 e. The molecule has 0 radical (unpaired) electrons. The number of rotatable bonds is 5. The lowest BCUT2D eigenvalue weighted by molar-refractivity contribution is 0.0946. The van der Waals surface area contributed by atoms with Crippen LogP contribution < -0.4 is 10.6 Å². The molecule has 0 saturated heterocycles. The van der Waals surface area contributed by atoms with E-state index in [2.05, 4.69) is 20.6 Å². The van der Waals surface area contributed by atoms with E-state index in [0.29, 0.717) is 21.6 Å². The molecule has 0 spiro atoms. The van der Waals surface area contributed by atoms with Crippen LogP contribution in [0.4, 0.5) is 15.9 Å². The van der Waals surface area contributed by atoms with Gasteiger partial charge in [0.15, 0.2) is 0 Å². The molecule has 2 N–H and O–H groups in total. The monoisotopic (exact) mass is 390 g/mol. The Morgan fingerprint density at radius 2 is 1.81 bits per heavy atom. The van der Waals surface area contributed by atoms with Crippen molar-refractivity contribution >= 4 is 40.6 Å². The van der Waals surface area contributed by atoms with Gasteiger partial charge in [-0.05, 0) is 35.9 Å². The van der Waals surface area contributed by atoms with Gasteiger partial charge in [-0.1, -0.05) is 35.3 Å². The van der Waals surface area contributed by atoms with Crippen LogP contribution in [0.5, 0.6) is 0 Å². The van der Waals surface area contributed by atoms with Crippen molar-refractivity contribution in [1.82, 2.24) is 15.3 Å². The van der Waals surface area contributed by atoms with Gasteiger partial charge in [-0.2, -0.15) is 0 Å². The van der Waals surface area contributed by atoms with Gasteiger partial charge in [0.2, 0.25) is 0 Å². The Morgan fingerprint density at radius 3 is 2.54 bits per heavy atom. The first-order valence-electron chi connectivity index (χ1n) is 7.58. The maximum absolute atomic E-state index is 12.9. The molecule has 0 aliphatic carbocycles. The summed E-state index contributed by atoms with van der Waals surface area (Å²) in [6.45, 7) is 0.259. The molecule has 1 aromatic heterocycles. The molecule has 0 atom stereocenters. The van der Waals surface area contributed by atoms with E-state index in [1.807, 2.05) is 0 Å². The van der Waals surface area contributed by atoms with Gasteiger partial charge in [-0.15, -0.1) is 0 Å². The smallest absolute Gasteiger partial charge is 0.270 e. The van der Waals surface area contributed by atoms with Gasteiger partial charge in [0.05, 0.1) is 10.7 Å². The van der Waals surface area contributed by atoms with Gasteiger partial charge in [-0.3, -0.25) is 4.79 Å². The van der Waals surface area contributed by atoms with Crippen LogP contribution in [0, 0.1) is 5.82 Å². The molecule has 2 aromatic carbocycles. The van der Waals surface area contributed by atoms with Crippen LogP contribution in [0.2, 0.25) is 10.0 Å². The SMILES string of the molecule is O=C(NCc1ccc(F)cc1)c1cc(Nc2ccc(Cl)cc2Cl)ncn1. The number of carbonyl (C=O) groups is 1. The predicted molar refractivity (Wildman–Crippen MR) is 99.3 cm³/mol. The minimum Gasteiger partial charge on any atom is -0.347 e. The van der Waals surface area contributed by atoms with E-state index in [4.69, 9.17) is 23.2 Å². The van der Waals surface area contributed by atoms with Crippen molar-refractivity contribution in [1.29, 1.82) is 0 Å². The van der Waals surface area contributed by atoms with Gasteiger partial charge in [0.1, 0.15) is 23.7 Å². The summed E-state index contributed by atoms with van der Waals surface area (Å²) in [5.74, 6) is -0.286. The largest absolute Gasteiger partial charge is 0.347 e. The van der Waals surface area contributed by atoms with Gasteiger partial charge >= 0.3 is 0 Å². The van der Waals surface area contributed by atoms with E-state index in [0.717, 1.165) is 5.56 Å². The first kappa shape index (κ1) is 18.1. The first-order valence-corrected chi connectivity index (χ1v) is 8.33. The quantitative estimate of drug-likeness (QED) is 0.668. The Morgan fingerprint density at radius 1 is 1.04 bits per heavy atom. The first-order chi connectivity index (χ1) is 12.5. The highest BCUT2D eigenvalue weighted by Gasteiger charge is 2.10. The Bertz CT molecular complexity index is 935. The number of benzene rings is 2. The van der Waals surface area contributed by atoms with Crippen molar-refractivity contribution in [3.05, 3.63) is 82.0 Å². The summed E-state index contributed by atoms with van der Waals surface area (Å²) in [6.07, 6.45) is 1.28. The molecular weight excluding hydrogens is 378 g/mol. The third kappa shape index (κ3) is 4.68. The molecule has 0 bridgehead atoms. The van der Waals surface area contributed by atoms with Crippen LogP contribution in [0.15, 0.2) is 54.9 Å². The molecule has 0 saturated carbocycles. The fraction of sp³-hybridized carbons (Fsp3) is 0.0556. The molecule has 5 nitrogen and oxygen atoms in total. The zero-order chi connectivity index (χ0) is 18.5. The molecule has 1 amide bonds. The standard InChI is InChI=1S/C18H13Cl2FN4O/c19-12-3-6-15(14(20)7-12)25-17-8-16(23-10-24-17)18(26)22-9-11-1-4-13(21)5-2-11/h1-8,10H,9H2,(H,22,26)(H,23,24,25). The summed E-state index contributed by atoms with van der Waals surface area (Å²) < 4.78 is 12.9. The fourth-order valence-corrected chi connectivity index (χ4v) is 2.61. The summed E-state index contributed by atoms with van der Waals surface area (Å²) in [7, 11) is 0. The van der Waals surface area contributed by atoms with E-state index in [1.165, 1.54) is 24.5 Å². The van der Waals surface area contributed by atoms with E-state index in [-0.39, 0.29) is 24.0 Å². The fourth-order valence-electron chi connectivity index (χ4n) is 2.15. The molecule has 132 valence electrons. The number of carbonyl (C=O) groups excluding carboxylic acids is 1. The predicted octanol–water partition coefficient (Wildman–Crippen LogP) is 4.60. The third-order valence-electron chi connectivity index (χ3n) is 3.46. The highest BCUT2D eigenvalue weighted by atomic mass is 35.5. The molecule has 8 heteroatoms. The lowest BCUT2D eigenvalue weighted by Crippen LogP contribution is -2.24. The Balaban J connectivity index is 1.68. The molecule has 1 heterocycles. The minimum absolute atomic E-state index is 0.190. The number of anilines is 2. The van der Waals surface area contributed by atoms with E-state index in [1.54, 1.807) is 30.3 Å². The minimum atomic E-state index is -0.373. The van der Waals surface area contributed by atoms with Crippen LogP contribution in [0.1, 0.15) is 16.1 Å². The normalized spacial score (nSPS) is 10.4. The zero-order valence-electron chi connectivity index (χ0n) is 13.3. The number of halogens is 3. The van der Waals surface area contributed by atoms with Crippen molar-refractivity contribution in [2.45, 2.75) is 6.54 Å². The Hall–Kier alpha value is -2.70.